The minimum atomic E-state index is -3.69. The zero-order valence-electron chi connectivity index (χ0n) is 11.5. The topological polar surface area (TPSA) is 67.4 Å². The number of ether oxygens (including phenoxy) is 1. The Kier molecular flexibility index (Phi) is 4.81. The van der Waals surface area contributed by atoms with Crippen LogP contribution >= 0.6 is 11.3 Å². The molecule has 0 saturated carbocycles. The number of sulfonamides is 1. The highest BCUT2D eigenvalue weighted by molar-refractivity contribution is 7.94. The van der Waals surface area contributed by atoms with Gasteiger partial charge in [-0.25, -0.2) is 12.8 Å². The zero-order chi connectivity index (χ0) is 15.5. The van der Waals surface area contributed by atoms with Crippen LogP contribution in [0.25, 0.3) is 0 Å². The highest BCUT2D eigenvalue weighted by Crippen LogP contribution is 2.26. The molecule has 1 aromatic carbocycles. The first kappa shape index (κ1) is 15.7. The smallest absolute Gasteiger partial charge is 0.271 e. The van der Waals surface area contributed by atoms with Crippen LogP contribution in [0.15, 0.2) is 33.9 Å². The third-order valence-corrected chi connectivity index (χ3v) is 5.55. The molecule has 0 unspecified atom stereocenters. The van der Waals surface area contributed by atoms with Crippen molar-refractivity contribution in [2.45, 2.75) is 10.8 Å². The molecule has 114 valence electrons. The number of methoxy groups -OCH3 is 1. The van der Waals surface area contributed by atoms with Crippen molar-refractivity contribution in [2.24, 2.45) is 0 Å². The SMILES string of the molecule is CNCc1csc(S(=O)(=O)Nc2ccc(F)c(OC)c2)c1. The van der Waals surface area contributed by atoms with Gasteiger partial charge in [-0.1, -0.05) is 0 Å². The lowest BCUT2D eigenvalue weighted by atomic mass is 10.3. The van der Waals surface area contributed by atoms with E-state index in [0.29, 0.717) is 6.54 Å². The van der Waals surface area contributed by atoms with Crippen LogP contribution in [0.5, 0.6) is 5.75 Å². The van der Waals surface area contributed by atoms with Crippen LogP contribution in [-0.4, -0.2) is 22.6 Å². The highest BCUT2D eigenvalue weighted by atomic mass is 32.2. The Hall–Kier alpha value is -1.64. The quantitative estimate of drug-likeness (QED) is 0.853. The summed E-state index contributed by atoms with van der Waals surface area (Å²) < 4.78 is 45.2. The van der Waals surface area contributed by atoms with Crippen molar-refractivity contribution in [1.82, 2.24) is 5.32 Å². The summed E-state index contributed by atoms with van der Waals surface area (Å²) in [5, 5.41) is 4.73. The highest BCUT2D eigenvalue weighted by Gasteiger charge is 2.17. The number of halogens is 1. The first-order valence-electron chi connectivity index (χ1n) is 6.04. The molecule has 0 bridgehead atoms. The molecule has 0 saturated heterocycles. The van der Waals surface area contributed by atoms with E-state index in [1.54, 1.807) is 18.5 Å². The molecule has 2 aromatic rings. The van der Waals surface area contributed by atoms with Gasteiger partial charge >= 0.3 is 0 Å². The number of benzene rings is 1. The number of hydrogen-bond acceptors (Lipinski definition) is 5. The van der Waals surface area contributed by atoms with Crippen molar-refractivity contribution in [1.29, 1.82) is 0 Å². The van der Waals surface area contributed by atoms with E-state index in [0.717, 1.165) is 23.0 Å². The summed E-state index contributed by atoms with van der Waals surface area (Å²) in [5.74, 6) is -0.565. The van der Waals surface area contributed by atoms with Gasteiger partial charge < -0.3 is 10.1 Å². The van der Waals surface area contributed by atoms with Gasteiger partial charge in [0.1, 0.15) is 4.21 Å². The van der Waals surface area contributed by atoms with Gasteiger partial charge in [0.25, 0.3) is 10.0 Å². The average molecular weight is 330 g/mol. The third kappa shape index (κ3) is 3.72. The summed E-state index contributed by atoms with van der Waals surface area (Å²) >= 11 is 1.13. The molecular formula is C13H15FN2O3S2. The standard InChI is InChI=1S/C13H15FN2O3S2/c1-15-7-9-5-13(20-8-9)21(17,18)16-10-3-4-11(14)12(6-10)19-2/h3-6,8,15-16H,7H2,1-2H3. The molecule has 0 atom stereocenters. The van der Waals surface area contributed by atoms with Crippen molar-refractivity contribution < 1.29 is 17.5 Å². The Balaban J connectivity index is 2.24. The Bertz CT molecular complexity index is 729. The van der Waals surface area contributed by atoms with Gasteiger partial charge in [0.05, 0.1) is 12.8 Å². The van der Waals surface area contributed by atoms with E-state index < -0.39 is 15.8 Å². The van der Waals surface area contributed by atoms with Gasteiger partial charge in [0, 0.05) is 12.6 Å². The van der Waals surface area contributed by atoms with Gasteiger partial charge in [0.2, 0.25) is 0 Å². The second-order valence-electron chi connectivity index (χ2n) is 4.26. The van der Waals surface area contributed by atoms with Crippen LogP contribution in [0, 0.1) is 5.82 Å². The second-order valence-corrected chi connectivity index (χ2v) is 7.08. The second kappa shape index (κ2) is 6.42. The average Bonchev–Trinajstić information content (AvgIpc) is 2.91. The van der Waals surface area contributed by atoms with Crippen molar-refractivity contribution in [3.8, 4) is 5.75 Å². The minimum absolute atomic E-state index is 0.0164. The van der Waals surface area contributed by atoms with Gasteiger partial charge in [0.15, 0.2) is 11.6 Å². The lowest BCUT2D eigenvalue weighted by molar-refractivity contribution is 0.387. The summed E-state index contributed by atoms with van der Waals surface area (Å²) in [5.41, 5.74) is 1.14. The van der Waals surface area contributed by atoms with Crippen LogP contribution in [-0.2, 0) is 16.6 Å². The molecular weight excluding hydrogens is 315 g/mol. The van der Waals surface area contributed by atoms with Crippen molar-refractivity contribution in [3.63, 3.8) is 0 Å². The molecule has 21 heavy (non-hydrogen) atoms. The van der Waals surface area contributed by atoms with E-state index in [1.165, 1.54) is 19.2 Å². The first-order valence-corrected chi connectivity index (χ1v) is 8.41. The Morgan fingerprint density at radius 3 is 2.76 bits per heavy atom. The van der Waals surface area contributed by atoms with Crippen LogP contribution in [0.2, 0.25) is 0 Å². The van der Waals surface area contributed by atoms with E-state index >= 15 is 0 Å². The number of thiophene rings is 1. The molecule has 8 heteroatoms. The fraction of sp³-hybridized carbons (Fsp3) is 0.231. The number of hydrogen-bond donors (Lipinski definition) is 2. The van der Waals surface area contributed by atoms with Crippen molar-refractivity contribution in [2.75, 3.05) is 18.9 Å². The molecule has 0 aliphatic carbocycles. The number of nitrogens with one attached hydrogen (secondary N) is 2. The number of anilines is 1. The molecule has 5 nitrogen and oxygen atoms in total. The molecule has 0 aliphatic rings. The van der Waals surface area contributed by atoms with Crippen LogP contribution in [0.1, 0.15) is 5.56 Å². The van der Waals surface area contributed by atoms with E-state index in [1.807, 2.05) is 0 Å². The molecule has 1 heterocycles. The number of rotatable bonds is 6. The monoisotopic (exact) mass is 330 g/mol. The van der Waals surface area contributed by atoms with Crippen LogP contribution < -0.4 is 14.8 Å². The summed E-state index contributed by atoms with van der Waals surface area (Å²) in [6.07, 6.45) is 0. The summed E-state index contributed by atoms with van der Waals surface area (Å²) in [4.78, 5) is 0. The maximum Gasteiger partial charge on any atom is 0.271 e. The summed E-state index contributed by atoms with van der Waals surface area (Å²) in [6.45, 7) is 0.594. The Morgan fingerprint density at radius 1 is 1.33 bits per heavy atom. The first-order chi connectivity index (χ1) is 9.96. The molecule has 2 rings (SSSR count). The van der Waals surface area contributed by atoms with E-state index in [2.05, 4.69) is 10.0 Å². The molecule has 0 amide bonds. The molecule has 0 radical (unpaired) electrons. The maximum absolute atomic E-state index is 13.3. The Labute approximate surface area is 126 Å². The Morgan fingerprint density at radius 2 is 2.10 bits per heavy atom. The molecule has 2 N–H and O–H groups in total. The fourth-order valence-electron chi connectivity index (χ4n) is 1.72. The van der Waals surface area contributed by atoms with E-state index in [9.17, 15) is 12.8 Å². The van der Waals surface area contributed by atoms with Crippen LogP contribution in [0.4, 0.5) is 10.1 Å². The lowest BCUT2D eigenvalue weighted by Crippen LogP contribution is -2.12. The van der Waals surface area contributed by atoms with E-state index in [4.69, 9.17) is 4.74 Å². The normalized spacial score (nSPS) is 11.4. The zero-order valence-corrected chi connectivity index (χ0v) is 13.1. The predicted molar refractivity (Wildman–Crippen MR) is 80.8 cm³/mol. The van der Waals surface area contributed by atoms with E-state index in [-0.39, 0.29) is 15.6 Å². The minimum Gasteiger partial charge on any atom is -0.494 e. The largest absolute Gasteiger partial charge is 0.494 e. The molecule has 0 aliphatic heterocycles. The van der Waals surface area contributed by atoms with Gasteiger partial charge in [-0.2, -0.15) is 0 Å². The van der Waals surface area contributed by atoms with Crippen molar-refractivity contribution >= 4 is 27.0 Å². The van der Waals surface area contributed by atoms with Gasteiger partial charge in [-0.15, -0.1) is 11.3 Å². The summed E-state index contributed by atoms with van der Waals surface area (Å²) in [7, 11) is -0.580. The van der Waals surface area contributed by atoms with Gasteiger partial charge in [-0.3, -0.25) is 4.72 Å². The molecule has 0 fully saturated rings. The van der Waals surface area contributed by atoms with Crippen LogP contribution in [0.3, 0.4) is 0 Å². The summed E-state index contributed by atoms with van der Waals surface area (Å²) in [6, 6.07) is 5.40. The van der Waals surface area contributed by atoms with Crippen molar-refractivity contribution in [3.05, 3.63) is 41.0 Å². The molecule has 1 aromatic heterocycles. The third-order valence-electron chi connectivity index (χ3n) is 2.68. The fourth-order valence-corrected chi connectivity index (χ4v) is 3.98. The maximum atomic E-state index is 13.3. The lowest BCUT2D eigenvalue weighted by Gasteiger charge is -2.08. The predicted octanol–water partition coefficient (Wildman–Crippen LogP) is 2.42. The van der Waals surface area contributed by atoms with Gasteiger partial charge in [-0.05, 0) is 36.2 Å². The molecule has 0 spiro atoms.